The highest BCUT2D eigenvalue weighted by Crippen LogP contribution is 2.14. The van der Waals surface area contributed by atoms with Crippen LogP contribution in [0.1, 0.15) is 17.0 Å². The van der Waals surface area contributed by atoms with E-state index < -0.39 is 0 Å². The third kappa shape index (κ3) is 1.68. The minimum Gasteiger partial charge on any atom is -0.278 e. The van der Waals surface area contributed by atoms with Crippen LogP contribution in [0.4, 0.5) is 0 Å². The van der Waals surface area contributed by atoms with Crippen LogP contribution in [0.2, 0.25) is 0 Å². The van der Waals surface area contributed by atoms with E-state index >= 15 is 0 Å². The molecule has 0 fully saturated rings. The van der Waals surface area contributed by atoms with Crippen molar-refractivity contribution in [1.29, 1.82) is 0 Å². The van der Waals surface area contributed by atoms with Gasteiger partial charge < -0.3 is 0 Å². The number of benzene rings is 1. The summed E-state index contributed by atoms with van der Waals surface area (Å²) in [5.74, 6) is 0. The molecule has 3 rings (SSSR count). The van der Waals surface area contributed by atoms with Gasteiger partial charge in [0.1, 0.15) is 0 Å². The maximum Gasteiger partial charge on any atom is 0.211 e. The quantitative estimate of drug-likeness (QED) is 0.650. The molecule has 18 heavy (non-hydrogen) atoms. The Balaban J connectivity index is 2.25. The van der Waals surface area contributed by atoms with Gasteiger partial charge in [-0.2, -0.15) is 9.67 Å². The summed E-state index contributed by atoms with van der Waals surface area (Å²) in [6.07, 6.45) is 1.86. The van der Waals surface area contributed by atoms with Gasteiger partial charge in [0.15, 0.2) is 11.4 Å². The van der Waals surface area contributed by atoms with E-state index in [0.717, 1.165) is 10.9 Å². The SMILES string of the molecule is Cc1cc(C)[n+](-c2ccc3[nH]ncc3c2)c(C)c1. The van der Waals surface area contributed by atoms with Crippen molar-refractivity contribution in [2.45, 2.75) is 20.8 Å². The molecule has 0 aliphatic rings. The van der Waals surface area contributed by atoms with Crippen LogP contribution in [-0.4, -0.2) is 10.2 Å². The highest BCUT2D eigenvalue weighted by atomic mass is 15.1. The monoisotopic (exact) mass is 238 g/mol. The molecule has 0 bridgehead atoms. The third-order valence-electron chi connectivity index (χ3n) is 3.26. The fourth-order valence-electron chi connectivity index (χ4n) is 2.58. The lowest BCUT2D eigenvalue weighted by atomic mass is 10.1. The fourth-order valence-corrected chi connectivity index (χ4v) is 2.58. The van der Waals surface area contributed by atoms with Gasteiger partial charge in [-0.3, -0.25) is 5.10 Å². The Hall–Kier alpha value is -2.16. The van der Waals surface area contributed by atoms with E-state index in [2.05, 4.69) is 65.9 Å². The number of hydrogen-bond acceptors (Lipinski definition) is 1. The lowest BCUT2D eigenvalue weighted by molar-refractivity contribution is -0.609. The average Bonchev–Trinajstić information content (AvgIpc) is 2.74. The van der Waals surface area contributed by atoms with E-state index in [1.54, 1.807) is 0 Å². The van der Waals surface area contributed by atoms with Gasteiger partial charge in [-0.05, 0) is 18.6 Å². The molecule has 0 aliphatic carbocycles. The molecule has 0 spiro atoms. The van der Waals surface area contributed by atoms with Crippen molar-refractivity contribution >= 4 is 10.9 Å². The van der Waals surface area contributed by atoms with Gasteiger partial charge in [0.2, 0.25) is 5.69 Å². The van der Waals surface area contributed by atoms with Gasteiger partial charge in [0, 0.05) is 43.5 Å². The van der Waals surface area contributed by atoms with Crippen molar-refractivity contribution < 1.29 is 4.57 Å². The molecule has 2 aromatic heterocycles. The lowest BCUT2D eigenvalue weighted by Gasteiger charge is -2.04. The zero-order valence-electron chi connectivity index (χ0n) is 10.9. The number of aryl methyl sites for hydroxylation is 3. The second-order valence-corrected chi connectivity index (χ2v) is 4.79. The number of aromatic amines is 1. The summed E-state index contributed by atoms with van der Waals surface area (Å²) >= 11 is 0. The zero-order chi connectivity index (χ0) is 12.7. The van der Waals surface area contributed by atoms with E-state index in [4.69, 9.17) is 0 Å². The minimum absolute atomic E-state index is 1.07. The van der Waals surface area contributed by atoms with Gasteiger partial charge in [-0.25, -0.2) is 0 Å². The largest absolute Gasteiger partial charge is 0.278 e. The van der Waals surface area contributed by atoms with E-state index in [1.165, 1.54) is 22.6 Å². The summed E-state index contributed by atoms with van der Waals surface area (Å²) in [5.41, 5.74) is 6.04. The van der Waals surface area contributed by atoms with Gasteiger partial charge in [-0.1, -0.05) is 0 Å². The maximum absolute atomic E-state index is 4.06. The summed E-state index contributed by atoms with van der Waals surface area (Å²) in [7, 11) is 0. The van der Waals surface area contributed by atoms with Crippen molar-refractivity contribution in [3.8, 4) is 5.69 Å². The summed E-state index contributed by atoms with van der Waals surface area (Å²) in [5, 5.41) is 8.18. The van der Waals surface area contributed by atoms with Crippen molar-refractivity contribution in [2.75, 3.05) is 0 Å². The van der Waals surface area contributed by atoms with Crippen LogP contribution in [0.25, 0.3) is 16.6 Å². The summed E-state index contributed by atoms with van der Waals surface area (Å²) in [6, 6.07) is 10.8. The number of H-pyrrole nitrogens is 1. The van der Waals surface area contributed by atoms with Crippen molar-refractivity contribution in [3.05, 3.63) is 53.5 Å². The molecular weight excluding hydrogens is 222 g/mol. The molecule has 3 nitrogen and oxygen atoms in total. The van der Waals surface area contributed by atoms with E-state index in [9.17, 15) is 0 Å². The highest BCUT2D eigenvalue weighted by molar-refractivity contribution is 5.79. The first-order valence-corrected chi connectivity index (χ1v) is 6.08. The van der Waals surface area contributed by atoms with E-state index in [1.807, 2.05) is 6.20 Å². The summed E-state index contributed by atoms with van der Waals surface area (Å²) in [6.45, 7) is 6.41. The number of hydrogen-bond donors (Lipinski definition) is 1. The Kier molecular flexibility index (Phi) is 2.40. The molecule has 1 N–H and O–H groups in total. The van der Waals surface area contributed by atoms with Crippen LogP contribution in [0.5, 0.6) is 0 Å². The first kappa shape index (κ1) is 11.0. The number of fused-ring (bicyclic) bond motifs is 1. The molecule has 0 unspecified atom stereocenters. The Labute approximate surface area is 106 Å². The van der Waals surface area contributed by atoms with Crippen molar-refractivity contribution in [2.24, 2.45) is 0 Å². The number of rotatable bonds is 1. The Bertz CT molecular complexity index is 702. The Morgan fingerprint density at radius 3 is 2.44 bits per heavy atom. The second kappa shape index (κ2) is 3.95. The van der Waals surface area contributed by atoms with Gasteiger partial charge in [0.05, 0.1) is 11.7 Å². The predicted molar refractivity (Wildman–Crippen MR) is 71.8 cm³/mol. The zero-order valence-corrected chi connectivity index (χ0v) is 10.9. The average molecular weight is 238 g/mol. The molecule has 0 atom stereocenters. The van der Waals surface area contributed by atoms with Crippen molar-refractivity contribution in [3.63, 3.8) is 0 Å². The number of aromatic nitrogens is 3. The molecular formula is C15H16N3+. The van der Waals surface area contributed by atoms with Gasteiger partial charge >= 0.3 is 0 Å². The molecule has 1 aromatic carbocycles. The molecule has 0 saturated heterocycles. The second-order valence-electron chi connectivity index (χ2n) is 4.79. The molecule has 0 amide bonds. The fraction of sp³-hybridized carbons (Fsp3) is 0.200. The highest BCUT2D eigenvalue weighted by Gasteiger charge is 2.15. The summed E-state index contributed by atoms with van der Waals surface area (Å²) in [4.78, 5) is 0. The van der Waals surface area contributed by atoms with Crippen LogP contribution in [-0.2, 0) is 0 Å². The normalized spacial score (nSPS) is 11.1. The van der Waals surface area contributed by atoms with Crippen LogP contribution >= 0.6 is 0 Å². The molecule has 0 saturated carbocycles. The Morgan fingerprint density at radius 1 is 1.00 bits per heavy atom. The summed E-state index contributed by atoms with van der Waals surface area (Å²) < 4.78 is 2.26. The van der Waals surface area contributed by atoms with Crippen LogP contribution in [0.15, 0.2) is 36.5 Å². The van der Waals surface area contributed by atoms with Crippen LogP contribution in [0, 0.1) is 20.8 Å². The molecule has 3 heteroatoms. The smallest absolute Gasteiger partial charge is 0.211 e. The Morgan fingerprint density at radius 2 is 1.72 bits per heavy atom. The lowest BCUT2D eigenvalue weighted by Crippen LogP contribution is -2.37. The first-order chi connectivity index (χ1) is 8.65. The van der Waals surface area contributed by atoms with E-state index in [0.29, 0.717) is 0 Å². The number of nitrogens with one attached hydrogen (secondary N) is 1. The van der Waals surface area contributed by atoms with E-state index in [-0.39, 0.29) is 0 Å². The molecule has 3 aromatic rings. The molecule has 2 heterocycles. The van der Waals surface area contributed by atoms with Crippen LogP contribution in [0.3, 0.4) is 0 Å². The van der Waals surface area contributed by atoms with Gasteiger partial charge in [-0.15, -0.1) is 0 Å². The molecule has 90 valence electrons. The predicted octanol–water partition coefficient (Wildman–Crippen LogP) is 2.76. The number of nitrogens with zero attached hydrogens (tertiary/aromatic N) is 2. The first-order valence-electron chi connectivity index (χ1n) is 6.08. The third-order valence-corrected chi connectivity index (χ3v) is 3.26. The van der Waals surface area contributed by atoms with Crippen LogP contribution < -0.4 is 4.57 Å². The van der Waals surface area contributed by atoms with Crippen molar-refractivity contribution in [1.82, 2.24) is 10.2 Å². The molecule has 0 radical (unpaired) electrons. The minimum atomic E-state index is 1.07. The van der Waals surface area contributed by atoms with Gasteiger partial charge in [0.25, 0.3) is 0 Å². The maximum atomic E-state index is 4.06. The topological polar surface area (TPSA) is 32.6 Å². The number of pyridine rings is 1. The molecule has 0 aliphatic heterocycles. The standard InChI is InChI=1S/C15H16N3/c1-10-6-11(2)18(12(3)7-10)14-4-5-15-13(8-14)9-16-17-15/h4-9H,1-3H3,(H,16,17)/q+1.